The smallest absolute Gasteiger partial charge is 0.748 e. The zero-order chi connectivity index (χ0) is 15.3. The predicted molar refractivity (Wildman–Crippen MR) is 83.9 cm³/mol. The number of hydrogen-bond acceptors (Lipinski definition) is 4. The average molecular weight is 329 g/mol. The molecule has 1 unspecified atom stereocenters. The second kappa shape index (κ2) is 15.8. The molecule has 0 saturated heterocycles. The van der Waals surface area contributed by atoms with Crippen LogP contribution in [0.1, 0.15) is 78.1 Å². The van der Waals surface area contributed by atoms with Crippen LogP contribution < -0.4 is 34.9 Å². The Morgan fingerprint density at radius 3 is 1.76 bits per heavy atom. The maximum absolute atomic E-state index is 10.5. The Hall–Kier alpha value is 0.870. The molecule has 1 atom stereocenters. The minimum Gasteiger partial charge on any atom is -0.748 e. The molecule has 0 radical (unpaired) electrons. The Morgan fingerprint density at radius 2 is 1.33 bits per heavy atom. The zero-order valence-corrected chi connectivity index (χ0v) is 17.0. The number of nitrogens with one attached hydrogen (secondary N) is 1. The van der Waals surface area contributed by atoms with Gasteiger partial charge in [0.2, 0.25) is 0 Å². The van der Waals surface area contributed by atoms with Gasteiger partial charge in [0.25, 0.3) is 0 Å². The van der Waals surface area contributed by atoms with Gasteiger partial charge in [0, 0.05) is 6.04 Å². The van der Waals surface area contributed by atoms with E-state index in [0.29, 0.717) is 0 Å². The summed E-state index contributed by atoms with van der Waals surface area (Å²) in [6.45, 7) is 4.78. The summed E-state index contributed by atoms with van der Waals surface area (Å²) >= 11 is 0. The van der Waals surface area contributed by atoms with Crippen LogP contribution in [0.3, 0.4) is 0 Å². The first-order valence-corrected chi connectivity index (χ1v) is 9.70. The van der Waals surface area contributed by atoms with Crippen LogP contribution in [0.5, 0.6) is 0 Å². The molecule has 0 aromatic carbocycles. The molecule has 0 amide bonds. The maximum atomic E-state index is 10.5. The summed E-state index contributed by atoms with van der Waals surface area (Å²) < 4.78 is 31.6. The van der Waals surface area contributed by atoms with Gasteiger partial charge in [0.1, 0.15) is 0 Å². The van der Waals surface area contributed by atoms with Gasteiger partial charge in [-0.15, -0.1) is 0 Å². The molecule has 0 saturated carbocycles. The summed E-state index contributed by atoms with van der Waals surface area (Å²) in [5.41, 5.74) is 0. The molecule has 0 fully saturated rings. The largest absolute Gasteiger partial charge is 1.00 e. The summed E-state index contributed by atoms with van der Waals surface area (Å²) in [5.74, 6) is -0.315. The van der Waals surface area contributed by atoms with Crippen molar-refractivity contribution in [3.63, 3.8) is 0 Å². The summed E-state index contributed by atoms with van der Waals surface area (Å²) in [5, 5.41) is 3.09. The zero-order valence-electron chi connectivity index (χ0n) is 14.2. The van der Waals surface area contributed by atoms with Crippen LogP contribution in [0.25, 0.3) is 0 Å². The Labute approximate surface area is 153 Å². The fourth-order valence-electron chi connectivity index (χ4n) is 2.33. The Balaban J connectivity index is 0. The van der Waals surface area contributed by atoms with E-state index in [1.165, 1.54) is 57.8 Å². The standard InChI is InChI=1S/C15H33NO3S.Na/c1-3-4-5-6-7-8-9-10-11-12-13-16-15(2)14-20(17,18)19;/h15-16H,3-14H2,1-2H3,(H,17,18,19);/q;+1/p-1. The van der Waals surface area contributed by atoms with Crippen molar-refractivity contribution in [3.05, 3.63) is 0 Å². The third-order valence-corrected chi connectivity index (χ3v) is 4.39. The molecule has 0 aliphatic heterocycles. The van der Waals surface area contributed by atoms with Gasteiger partial charge in [-0.05, 0) is 19.9 Å². The van der Waals surface area contributed by atoms with Gasteiger partial charge in [0.15, 0.2) is 0 Å². The summed E-state index contributed by atoms with van der Waals surface area (Å²) in [4.78, 5) is 0. The molecule has 6 heteroatoms. The molecule has 21 heavy (non-hydrogen) atoms. The predicted octanol–water partition coefficient (Wildman–Crippen LogP) is 0.435. The van der Waals surface area contributed by atoms with E-state index in [2.05, 4.69) is 12.2 Å². The van der Waals surface area contributed by atoms with Crippen LogP contribution in [0, 0.1) is 0 Å². The van der Waals surface area contributed by atoms with E-state index in [-0.39, 0.29) is 41.4 Å². The molecule has 0 bridgehead atoms. The fourth-order valence-corrected chi connectivity index (χ4v) is 3.06. The van der Waals surface area contributed by atoms with E-state index in [9.17, 15) is 13.0 Å². The van der Waals surface area contributed by atoms with Crippen LogP contribution in [0.2, 0.25) is 0 Å². The molecule has 0 heterocycles. The van der Waals surface area contributed by atoms with E-state index < -0.39 is 10.1 Å². The van der Waals surface area contributed by atoms with E-state index >= 15 is 0 Å². The molecule has 0 spiro atoms. The Bertz CT molecular complexity index is 310. The van der Waals surface area contributed by atoms with Crippen LogP contribution in [0.15, 0.2) is 0 Å². The molecule has 0 aliphatic carbocycles. The topological polar surface area (TPSA) is 69.2 Å². The van der Waals surface area contributed by atoms with E-state index in [1.807, 2.05) is 0 Å². The Kier molecular flexibility index (Phi) is 18.1. The van der Waals surface area contributed by atoms with Crippen LogP contribution in [-0.2, 0) is 10.1 Å². The quantitative estimate of drug-likeness (QED) is 0.285. The molecule has 1 N–H and O–H groups in total. The SMILES string of the molecule is CCCCCCCCCCCCNC(C)CS(=O)(=O)[O-].[Na+]. The molecule has 0 aliphatic rings. The van der Waals surface area contributed by atoms with Gasteiger partial charge in [-0.2, -0.15) is 0 Å². The minimum atomic E-state index is -4.10. The summed E-state index contributed by atoms with van der Waals surface area (Å²) in [6.07, 6.45) is 12.9. The van der Waals surface area contributed by atoms with Crippen molar-refractivity contribution >= 4 is 10.1 Å². The number of rotatable bonds is 14. The minimum absolute atomic E-state index is 0. The van der Waals surface area contributed by atoms with Gasteiger partial charge in [0.05, 0.1) is 15.9 Å². The van der Waals surface area contributed by atoms with E-state index in [1.54, 1.807) is 6.92 Å². The molecule has 0 aromatic rings. The second-order valence-corrected chi connectivity index (χ2v) is 7.21. The van der Waals surface area contributed by atoms with Crippen molar-refractivity contribution in [2.75, 3.05) is 12.3 Å². The first-order valence-electron chi connectivity index (χ1n) is 8.12. The van der Waals surface area contributed by atoms with Crippen LogP contribution in [-0.4, -0.2) is 31.3 Å². The fraction of sp³-hybridized carbons (Fsp3) is 1.00. The normalized spacial score (nSPS) is 12.9. The molecule has 4 nitrogen and oxygen atoms in total. The summed E-state index contributed by atoms with van der Waals surface area (Å²) in [6, 6.07) is -0.240. The Morgan fingerprint density at radius 1 is 0.905 bits per heavy atom. The van der Waals surface area contributed by atoms with E-state index in [4.69, 9.17) is 0 Å². The monoisotopic (exact) mass is 329 g/mol. The van der Waals surface area contributed by atoms with Gasteiger partial charge in [-0.25, -0.2) is 8.42 Å². The number of hydrogen-bond donors (Lipinski definition) is 1. The van der Waals surface area contributed by atoms with Crippen molar-refractivity contribution in [1.82, 2.24) is 5.32 Å². The first-order chi connectivity index (χ1) is 9.45. The third kappa shape index (κ3) is 20.9. The molecule has 0 rings (SSSR count). The average Bonchev–Trinajstić information content (AvgIpc) is 2.34. The van der Waals surface area contributed by atoms with Crippen molar-refractivity contribution in [2.45, 2.75) is 84.1 Å². The molecule has 122 valence electrons. The molecular formula is C15H32NNaO3S. The van der Waals surface area contributed by atoms with Gasteiger partial charge >= 0.3 is 29.6 Å². The third-order valence-electron chi connectivity index (χ3n) is 3.48. The second-order valence-electron chi connectivity index (χ2n) is 5.76. The van der Waals surface area contributed by atoms with Crippen molar-refractivity contribution in [1.29, 1.82) is 0 Å². The van der Waals surface area contributed by atoms with Crippen molar-refractivity contribution in [3.8, 4) is 0 Å². The summed E-state index contributed by atoms with van der Waals surface area (Å²) in [7, 11) is -4.10. The first kappa shape index (κ1) is 24.1. The maximum Gasteiger partial charge on any atom is 1.00 e. The van der Waals surface area contributed by atoms with Crippen LogP contribution >= 0.6 is 0 Å². The van der Waals surface area contributed by atoms with Crippen molar-refractivity contribution in [2.24, 2.45) is 0 Å². The van der Waals surface area contributed by atoms with Gasteiger partial charge in [-0.3, -0.25) is 0 Å². The number of unbranched alkanes of at least 4 members (excludes halogenated alkanes) is 9. The van der Waals surface area contributed by atoms with Crippen molar-refractivity contribution < 1.29 is 42.5 Å². The molecular weight excluding hydrogens is 297 g/mol. The van der Waals surface area contributed by atoms with Gasteiger partial charge in [-0.1, -0.05) is 64.7 Å². The molecule has 0 aromatic heterocycles. The van der Waals surface area contributed by atoms with E-state index in [0.717, 1.165) is 13.0 Å². The van der Waals surface area contributed by atoms with Gasteiger partial charge < -0.3 is 9.87 Å². The van der Waals surface area contributed by atoms with Crippen LogP contribution in [0.4, 0.5) is 0 Å².